The van der Waals surface area contributed by atoms with Crippen molar-refractivity contribution in [3.8, 4) is 5.75 Å². The zero-order valence-corrected chi connectivity index (χ0v) is 15.0. The van der Waals surface area contributed by atoms with Crippen molar-refractivity contribution in [1.82, 2.24) is 0 Å². The molecule has 0 aliphatic carbocycles. The van der Waals surface area contributed by atoms with Crippen LogP contribution in [0.4, 0.5) is 20.2 Å². The molecule has 0 fully saturated rings. The number of carbonyl (C=O) groups is 2. The van der Waals surface area contributed by atoms with Gasteiger partial charge in [0, 0.05) is 29.4 Å². The monoisotopic (exact) mass is 374 g/mol. The molecule has 0 atom stereocenters. The normalized spacial score (nSPS) is 10.9. The highest BCUT2D eigenvalue weighted by Gasteiger charge is 2.08. The second-order valence-corrected chi connectivity index (χ2v) is 5.67. The molecular weight excluding hydrogens is 354 g/mol. The van der Waals surface area contributed by atoms with Crippen molar-refractivity contribution < 1.29 is 23.1 Å². The quantitative estimate of drug-likeness (QED) is 0.696. The van der Waals surface area contributed by atoms with E-state index in [0.717, 1.165) is 5.56 Å². The number of carbonyl (C=O) groups excluding carboxylic acids is 2. The van der Waals surface area contributed by atoms with Gasteiger partial charge in [0.1, 0.15) is 5.75 Å². The number of para-hydroxylation sites is 1. The Hall–Kier alpha value is -3.22. The number of aryl methyl sites for hydroxylation is 1. The molecule has 0 aromatic heterocycles. The molecule has 2 N–H and O–H groups in total. The minimum atomic E-state index is -2.95. The van der Waals surface area contributed by atoms with E-state index in [-0.39, 0.29) is 11.7 Å². The Bertz CT molecular complexity index is 851. The lowest BCUT2D eigenvalue weighted by Gasteiger charge is -2.10. The van der Waals surface area contributed by atoms with Gasteiger partial charge in [-0.2, -0.15) is 8.78 Å². The molecule has 7 heteroatoms. The average Bonchev–Trinajstić information content (AvgIpc) is 2.63. The molecule has 142 valence electrons. The number of halogens is 2. The molecule has 0 saturated carbocycles. The van der Waals surface area contributed by atoms with Crippen LogP contribution in [0.15, 0.2) is 48.5 Å². The van der Waals surface area contributed by atoms with Crippen molar-refractivity contribution >= 4 is 29.3 Å². The second-order valence-electron chi connectivity index (χ2n) is 5.67. The fourth-order valence-electron chi connectivity index (χ4n) is 2.25. The third-order valence-corrected chi connectivity index (χ3v) is 3.65. The zero-order chi connectivity index (χ0) is 19.8. The molecule has 0 spiro atoms. The minimum absolute atomic E-state index is 0.0167. The molecule has 0 radical (unpaired) electrons. The maximum Gasteiger partial charge on any atom is 0.387 e. The van der Waals surface area contributed by atoms with Gasteiger partial charge in [0.25, 0.3) is 0 Å². The van der Waals surface area contributed by atoms with Gasteiger partial charge in [-0.25, -0.2) is 0 Å². The van der Waals surface area contributed by atoms with Gasteiger partial charge in [-0.15, -0.1) is 0 Å². The van der Waals surface area contributed by atoms with Gasteiger partial charge < -0.3 is 15.4 Å². The third-order valence-electron chi connectivity index (χ3n) is 3.65. The van der Waals surface area contributed by atoms with Gasteiger partial charge in [-0.1, -0.05) is 31.2 Å². The van der Waals surface area contributed by atoms with E-state index in [1.165, 1.54) is 18.2 Å². The van der Waals surface area contributed by atoms with Crippen LogP contribution in [0.25, 0.3) is 6.08 Å². The first-order valence-corrected chi connectivity index (χ1v) is 8.32. The molecule has 2 rings (SSSR count). The predicted molar refractivity (Wildman–Crippen MR) is 101 cm³/mol. The van der Waals surface area contributed by atoms with Crippen LogP contribution >= 0.6 is 0 Å². The van der Waals surface area contributed by atoms with Crippen LogP contribution in [-0.4, -0.2) is 18.4 Å². The highest BCUT2D eigenvalue weighted by molar-refractivity contribution is 6.03. The van der Waals surface area contributed by atoms with Crippen LogP contribution in [0.3, 0.4) is 0 Å². The number of anilines is 2. The third kappa shape index (κ3) is 6.22. The lowest BCUT2D eigenvalue weighted by molar-refractivity contribution is -0.116. The highest BCUT2D eigenvalue weighted by atomic mass is 19.3. The van der Waals surface area contributed by atoms with E-state index in [4.69, 9.17) is 0 Å². The summed E-state index contributed by atoms with van der Waals surface area (Å²) in [5.74, 6) is -0.590. The van der Waals surface area contributed by atoms with E-state index < -0.39 is 12.5 Å². The Balaban J connectivity index is 2.11. The van der Waals surface area contributed by atoms with Crippen LogP contribution < -0.4 is 15.4 Å². The van der Waals surface area contributed by atoms with Gasteiger partial charge in [-0.05, 0) is 36.8 Å². The number of ether oxygens (including phenoxy) is 1. The maximum atomic E-state index is 12.4. The van der Waals surface area contributed by atoms with E-state index in [1.54, 1.807) is 43.3 Å². The Morgan fingerprint density at radius 3 is 2.59 bits per heavy atom. The number of benzene rings is 2. The van der Waals surface area contributed by atoms with Crippen LogP contribution in [0.2, 0.25) is 0 Å². The van der Waals surface area contributed by atoms with E-state index in [0.29, 0.717) is 23.4 Å². The SMILES string of the molecule is CCC(=O)Nc1ccc(C)c(NC(=O)/C=C/c2ccccc2OC(F)F)c1. The molecular formula is C20H20F2N2O3. The smallest absolute Gasteiger partial charge is 0.387 e. The fraction of sp³-hybridized carbons (Fsp3) is 0.200. The molecule has 2 amide bonds. The molecule has 0 aliphatic heterocycles. The van der Waals surface area contributed by atoms with Crippen LogP contribution in [0.1, 0.15) is 24.5 Å². The summed E-state index contributed by atoms with van der Waals surface area (Å²) in [6, 6.07) is 11.3. The summed E-state index contributed by atoms with van der Waals surface area (Å²) >= 11 is 0. The van der Waals surface area contributed by atoms with Crippen molar-refractivity contribution in [1.29, 1.82) is 0 Å². The molecule has 0 unspecified atom stereocenters. The molecule has 5 nitrogen and oxygen atoms in total. The average molecular weight is 374 g/mol. The lowest BCUT2D eigenvalue weighted by atomic mass is 10.1. The van der Waals surface area contributed by atoms with E-state index in [9.17, 15) is 18.4 Å². The summed E-state index contributed by atoms with van der Waals surface area (Å²) in [5.41, 5.74) is 2.28. The number of rotatable bonds is 7. The Morgan fingerprint density at radius 1 is 1.15 bits per heavy atom. The largest absolute Gasteiger partial charge is 0.434 e. The first-order valence-electron chi connectivity index (χ1n) is 8.32. The molecule has 2 aromatic rings. The van der Waals surface area contributed by atoms with Crippen molar-refractivity contribution in [3.05, 3.63) is 59.7 Å². The van der Waals surface area contributed by atoms with Crippen LogP contribution in [0.5, 0.6) is 5.75 Å². The Kier molecular flexibility index (Phi) is 7.05. The topological polar surface area (TPSA) is 67.4 Å². The van der Waals surface area contributed by atoms with Gasteiger partial charge in [0.2, 0.25) is 11.8 Å². The summed E-state index contributed by atoms with van der Waals surface area (Å²) < 4.78 is 29.3. The van der Waals surface area contributed by atoms with Gasteiger partial charge >= 0.3 is 6.61 Å². The van der Waals surface area contributed by atoms with E-state index in [2.05, 4.69) is 15.4 Å². The van der Waals surface area contributed by atoms with E-state index >= 15 is 0 Å². The molecule has 0 aliphatic rings. The van der Waals surface area contributed by atoms with Crippen molar-refractivity contribution in [3.63, 3.8) is 0 Å². The predicted octanol–water partition coefficient (Wildman–Crippen LogP) is 4.60. The minimum Gasteiger partial charge on any atom is -0.434 e. The highest BCUT2D eigenvalue weighted by Crippen LogP contribution is 2.23. The summed E-state index contributed by atoms with van der Waals surface area (Å²) in [6.07, 6.45) is 2.97. The van der Waals surface area contributed by atoms with Crippen molar-refractivity contribution in [2.45, 2.75) is 26.9 Å². The molecule has 0 bridgehead atoms. The van der Waals surface area contributed by atoms with Crippen molar-refractivity contribution in [2.24, 2.45) is 0 Å². The Morgan fingerprint density at radius 2 is 1.89 bits per heavy atom. The van der Waals surface area contributed by atoms with Crippen LogP contribution in [-0.2, 0) is 9.59 Å². The maximum absolute atomic E-state index is 12.4. The van der Waals surface area contributed by atoms with Crippen LogP contribution in [0, 0.1) is 6.92 Å². The summed E-state index contributed by atoms with van der Waals surface area (Å²) in [4.78, 5) is 23.7. The van der Waals surface area contributed by atoms with Gasteiger partial charge in [0.15, 0.2) is 0 Å². The number of hydrogen-bond acceptors (Lipinski definition) is 3. The summed E-state index contributed by atoms with van der Waals surface area (Å²) in [6.45, 7) is 0.612. The number of hydrogen-bond donors (Lipinski definition) is 2. The first kappa shape index (κ1) is 20.1. The Labute approximate surface area is 156 Å². The van der Waals surface area contributed by atoms with Gasteiger partial charge in [0.05, 0.1) is 0 Å². The van der Waals surface area contributed by atoms with Crippen molar-refractivity contribution in [2.75, 3.05) is 10.6 Å². The molecule has 2 aromatic carbocycles. The fourth-order valence-corrected chi connectivity index (χ4v) is 2.25. The summed E-state index contributed by atoms with van der Waals surface area (Å²) in [7, 11) is 0. The molecule has 0 saturated heterocycles. The lowest BCUT2D eigenvalue weighted by Crippen LogP contribution is -2.12. The molecule has 0 heterocycles. The molecule has 27 heavy (non-hydrogen) atoms. The summed E-state index contributed by atoms with van der Waals surface area (Å²) in [5, 5.41) is 5.43. The standard InChI is InChI=1S/C20H20F2N2O3/c1-3-18(25)23-15-10-8-13(2)16(12-15)24-19(26)11-9-14-6-4-5-7-17(14)27-20(21)22/h4-12,20H,3H2,1-2H3,(H,23,25)(H,24,26)/b11-9+. The second kappa shape index (κ2) is 9.47. The number of amides is 2. The van der Waals surface area contributed by atoms with E-state index in [1.807, 2.05) is 6.92 Å². The first-order chi connectivity index (χ1) is 12.9. The zero-order valence-electron chi connectivity index (χ0n) is 15.0. The number of alkyl halides is 2. The van der Waals surface area contributed by atoms with Gasteiger partial charge in [-0.3, -0.25) is 9.59 Å². The number of nitrogens with one attached hydrogen (secondary N) is 2.